The van der Waals surface area contributed by atoms with Gasteiger partial charge < -0.3 is 0 Å². The summed E-state index contributed by atoms with van der Waals surface area (Å²) in [7, 11) is 0. The van der Waals surface area contributed by atoms with E-state index < -0.39 is 0 Å². The molecule has 12 heteroatoms. The monoisotopic (exact) mass is 718 g/mol. The van der Waals surface area contributed by atoms with Crippen molar-refractivity contribution in [1.82, 2.24) is 24.9 Å². The van der Waals surface area contributed by atoms with E-state index in [0.717, 1.165) is 38.9 Å². The van der Waals surface area contributed by atoms with Crippen LogP contribution in [0.1, 0.15) is 85.1 Å². The number of nitro benzene ring substituents is 1. The summed E-state index contributed by atoms with van der Waals surface area (Å²) in [5, 5.41) is 14.3. The molecule has 0 fully saturated rings. The quantitative estimate of drug-likeness (QED) is 0.0851. The Hall–Kier alpha value is -2.96. The normalized spacial score (nSPS) is 11.3. The minimum Gasteiger partial charge on any atom is -0.291 e. The predicted octanol–water partition coefficient (Wildman–Crippen LogP) is 7.94. The summed E-state index contributed by atoms with van der Waals surface area (Å²) in [4.78, 5) is 43.9. The number of halogens is 2. The molecule has 0 spiro atoms. The molecule has 0 unspecified atom stereocenters. The van der Waals surface area contributed by atoms with Crippen molar-refractivity contribution in [1.29, 1.82) is 0 Å². The molecule has 4 rings (SSSR count). The number of rotatable bonds is 6. The minimum absolute atomic E-state index is 0. The van der Waals surface area contributed by atoms with Crippen molar-refractivity contribution in [3.63, 3.8) is 0 Å². The molecule has 0 saturated heterocycles. The Bertz CT molecular complexity index is 1530. The average molecular weight is 721 g/mol. The van der Waals surface area contributed by atoms with Gasteiger partial charge in [-0.25, -0.2) is 9.97 Å². The smallest absolute Gasteiger partial charge is 0.272 e. The van der Waals surface area contributed by atoms with Crippen LogP contribution in [0.5, 0.6) is 0 Å². The number of hydrogen-bond acceptors (Lipinski definition) is 9. The molecule has 0 saturated carbocycles. The van der Waals surface area contributed by atoms with Crippen LogP contribution in [-0.4, -0.2) is 41.0 Å². The number of carbonyl (C=O) groups excluding carboxylic acids is 1. The molecule has 42 heavy (non-hydrogen) atoms. The molecular weight excluding hydrogens is 684 g/mol. The van der Waals surface area contributed by atoms with Gasteiger partial charge in [0.2, 0.25) is 0 Å². The van der Waals surface area contributed by atoms with E-state index >= 15 is 0 Å². The number of aryl methyl sites for hydroxylation is 2. The highest BCUT2D eigenvalue weighted by atomic mass is 79.9. The minimum atomic E-state index is -0.340. The maximum Gasteiger partial charge on any atom is 0.272 e. The molecule has 0 aliphatic carbocycles. The lowest BCUT2D eigenvalue weighted by molar-refractivity contribution is -0.385. The zero-order chi connectivity index (χ0) is 30.5. The first-order valence-corrected chi connectivity index (χ1v) is 15.0. The second-order valence-corrected chi connectivity index (χ2v) is 13.3. The van der Waals surface area contributed by atoms with Gasteiger partial charge in [0.05, 0.1) is 39.0 Å². The molecule has 4 aromatic rings. The number of thiazole rings is 1. The maximum atomic E-state index is 11.2. The number of Topliss-reactive ketones (excluding diaryl/α,β-unsaturated/α-hetero) is 1. The van der Waals surface area contributed by atoms with E-state index in [-0.39, 0.29) is 49.5 Å². The molecule has 0 radical (unpaired) electrons. The highest BCUT2D eigenvalue weighted by Gasteiger charge is 2.18. The van der Waals surface area contributed by atoms with Crippen LogP contribution in [-0.2, 0) is 17.3 Å². The van der Waals surface area contributed by atoms with Crippen LogP contribution in [0.4, 0.5) is 5.69 Å². The number of benzene rings is 1. The second-order valence-electron chi connectivity index (χ2n) is 11.8. The number of carbonyl (C=O) groups is 1. The van der Waals surface area contributed by atoms with Crippen LogP contribution in [0.15, 0.2) is 42.3 Å². The third kappa shape index (κ3) is 9.27. The number of alkyl halides is 1. The SMILES string of the molecule is Br.CC(C)(C)c1cnc(C(=O)CBr)cn1.Cc1cc([N+](=O)[O-])c(C)cc1Cc1nc(-c2cnc(C(C)(C)C)cn2)cs1. The van der Waals surface area contributed by atoms with E-state index in [0.29, 0.717) is 17.7 Å². The van der Waals surface area contributed by atoms with Crippen LogP contribution in [0.3, 0.4) is 0 Å². The lowest BCUT2D eigenvalue weighted by atomic mass is 9.93. The molecule has 3 aromatic heterocycles. The maximum absolute atomic E-state index is 11.2. The second kappa shape index (κ2) is 14.5. The Balaban J connectivity index is 0.000000349. The van der Waals surface area contributed by atoms with Crippen molar-refractivity contribution in [2.24, 2.45) is 0 Å². The summed E-state index contributed by atoms with van der Waals surface area (Å²) < 4.78 is 0. The van der Waals surface area contributed by atoms with Crippen LogP contribution in [0.2, 0.25) is 0 Å². The number of ketones is 1. The van der Waals surface area contributed by atoms with Gasteiger partial charge in [-0.15, -0.1) is 28.3 Å². The predicted molar refractivity (Wildman–Crippen MR) is 176 cm³/mol. The molecule has 0 N–H and O–H groups in total. The van der Waals surface area contributed by atoms with Gasteiger partial charge in [-0.2, -0.15) is 0 Å². The van der Waals surface area contributed by atoms with E-state index in [1.54, 1.807) is 42.9 Å². The van der Waals surface area contributed by atoms with Crippen molar-refractivity contribution in [3.8, 4) is 11.4 Å². The molecule has 9 nitrogen and oxygen atoms in total. The summed E-state index contributed by atoms with van der Waals surface area (Å²) >= 11 is 4.65. The highest BCUT2D eigenvalue weighted by Crippen LogP contribution is 2.27. The first kappa shape index (κ1) is 35.2. The Labute approximate surface area is 269 Å². The van der Waals surface area contributed by atoms with Crippen LogP contribution < -0.4 is 0 Å². The third-order valence-corrected chi connectivity index (χ3v) is 7.61. The third-order valence-electron chi connectivity index (χ3n) is 6.25. The van der Waals surface area contributed by atoms with E-state index in [1.165, 1.54) is 6.20 Å². The first-order chi connectivity index (χ1) is 19.1. The molecule has 0 amide bonds. The van der Waals surface area contributed by atoms with Crippen molar-refractivity contribution in [2.75, 3.05) is 5.33 Å². The number of nitrogens with zero attached hydrogens (tertiary/aromatic N) is 6. The van der Waals surface area contributed by atoms with Gasteiger partial charge in [-0.3, -0.25) is 29.9 Å². The summed E-state index contributed by atoms with van der Waals surface area (Å²) in [6.45, 7) is 16.1. The van der Waals surface area contributed by atoms with Crippen molar-refractivity contribution >= 4 is 55.7 Å². The van der Waals surface area contributed by atoms with Gasteiger partial charge in [-0.1, -0.05) is 57.5 Å². The van der Waals surface area contributed by atoms with Crippen molar-refractivity contribution < 1.29 is 9.72 Å². The van der Waals surface area contributed by atoms with Crippen molar-refractivity contribution in [3.05, 3.63) is 91.2 Å². The average Bonchev–Trinajstić information content (AvgIpc) is 3.38. The number of hydrogen-bond donors (Lipinski definition) is 0. The molecule has 0 atom stereocenters. The first-order valence-electron chi connectivity index (χ1n) is 13.0. The van der Waals surface area contributed by atoms with E-state index in [4.69, 9.17) is 0 Å². The summed E-state index contributed by atoms with van der Waals surface area (Å²) in [5.41, 5.74) is 6.52. The van der Waals surface area contributed by atoms with Gasteiger partial charge in [0.15, 0.2) is 5.78 Å². The van der Waals surface area contributed by atoms with E-state index in [9.17, 15) is 14.9 Å². The summed E-state index contributed by atoms with van der Waals surface area (Å²) in [6, 6.07) is 3.52. The zero-order valence-electron chi connectivity index (χ0n) is 25.1. The van der Waals surface area contributed by atoms with Crippen LogP contribution in [0, 0.1) is 24.0 Å². The lowest BCUT2D eigenvalue weighted by Gasteiger charge is -2.16. The molecule has 1 aromatic carbocycles. The van der Waals surface area contributed by atoms with Crippen LogP contribution >= 0.6 is 44.2 Å². The summed E-state index contributed by atoms with van der Waals surface area (Å²) in [5.74, 6) is -0.0436. The highest BCUT2D eigenvalue weighted by molar-refractivity contribution is 9.09. The topological polar surface area (TPSA) is 125 Å². The Kier molecular flexibility index (Phi) is 12.1. The molecule has 0 bridgehead atoms. The van der Waals surface area contributed by atoms with Crippen molar-refractivity contribution in [2.45, 2.75) is 72.6 Å². The Morgan fingerprint density at radius 2 is 1.48 bits per heavy atom. The fourth-order valence-electron chi connectivity index (χ4n) is 3.70. The molecule has 224 valence electrons. The van der Waals surface area contributed by atoms with Gasteiger partial charge in [-0.05, 0) is 31.0 Å². The molecule has 0 aliphatic heterocycles. The van der Waals surface area contributed by atoms with Gasteiger partial charge in [0, 0.05) is 46.7 Å². The fraction of sp³-hybridized carbons (Fsp3) is 0.400. The lowest BCUT2D eigenvalue weighted by Crippen LogP contribution is -2.15. The number of aromatic nitrogens is 5. The van der Waals surface area contributed by atoms with Gasteiger partial charge in [0.1, 0.15) is 17.1 Å². The van der Waals surface area contributed by atoms with E-state index in [1.807, 2.05) is 18.4 Å². The van der Waals surface area contributed by atoms with Gasteiger partial charge >= 0.3 is 0 Å². The van der Waals surface area contributed by atoms with E-state index in [2.05, 4.69) is 82.4 Å². The Morgan fingerprint density at radius 3 is 1.95 bits per heavy atom. The number of nitro groups is 1. The Morgan fingerprint density at radius 1 is 0.881 bits per heavy atom. The largest absolute Gasteiger partial charge is 0.291 e. The zero-order valence-corrected chi connectivity index (χ0v) is 29.2. The molecule has 0 aliphatic rings. The standard InChI is InChI=1S/C20H22N4O2S.C10H13BrN2O.BrH/c1-12-7-17(24(25)26)13(2)6-14(12)8-19-23-16(11-27-19)15-9-22-18(10-21-15)20(3,4)5;1-10(2,3)9-6-12-7(5-13-9)8(14)4-11;/h6-7,9-11H,8H2,1-5H3;5-6H,4H2,1-3H3;1H. The summed E-state index contributed by atoms with van der Waals surface area (Å²) in [6.07, 6.45) is 7.40. The van der Waals surface area contributed by atoms with Crippen LogP contribution in [0.25, 0.3) is 11.4 Å². The fourth-order valence-corrected chi connectivity index (χ4v) is 4.79. The van der Waals surface area contributed by atoms with Gasteiger partial charge in [0.25, 0.3) is 5.69 Å². The molecular formula is C30H36Br2N6O3S. The molecule has 3 heterocycles.